The Morgan fingerprint density at radius 3 is 2.00 bits per heavy atom. The number of primary amides is 1. The van der Waals surface area contributed by atoms with Crippen molar-refractivity contribution in [2.75, 3.05) is 50.0 Å². The van der Waals surface area contributed by atoms with Crippen LogP contribution >= 0.6 is 0 Å². The van der Waals surface area contributed by atoms with E-state index in [0.29, 0.717) is 103 Å². The Labute approximate surface area is 370 Å². The highest BCUT2D eigenvalue weighted by Gasteiger charge is 2.27. The van der Waals surface area contributed by atoms with E-state index in [4.69, 9.17) is 20.2 Å². The number of fused-ring (bicyclic) bond motifs is 2. The molecule has 20 heteroatoms. The van der Waals surface area contributed by atoms with Gasteiger partial charge in [0.1, 0.15) is 33.8 Å². The van der Waals surface area contributed by atoms with Crippen LogP contribution in [0.25, 0.3) is 22.2 Å². The Kier molecular flexibility index (Phi) is 13.4. The van der Waals surface area contributed by atoms with E-state index in [1.54, 1.807) is 59.9 Å². The van der Waals surface area contributed by atoms with E-state index < -0.39 is 17.4 Å². The summed E-state index contributed by atoms with van der Waals surface area (Å²) < 4.78 is 18.8. The minimum Gasteiger partial charge on any atom is -0.491 e. The maximum absolute atomic E-state index is 13.8. The normalized spacial score (nSPS) is 13.6. The number of aromatic nitrogens is 9. The van der Waals surface area contributed by atoms with E-state index in [1.807, 2.05) is 66.7 Å². The molecule has 6 heterocycles. The minimum atomic E-state index is -0.657. The average Bonchev–Trinajstić information content (AvgIpc) is 4.02. The van der Waals surface area contributed by atoms with E-state index in [1.165, 1.54) is 0 Å². The number of rotatable bonds is 16. The molecule has 0 unspecified atom stereocenters. The number of aryl methyl sites for hydroxylation is 4. The van der Waals surface area contributed by atoms with Crippen LogP contribution < -0.4 is 21.1 Å². The first-order valence-corrected chi connectivity index (χ1v) is 21.5. The lowest BCUT2D eigenvalue weighted by Crippen LogP contribution is -2.50. The van der Waals surface area contributed by atoms with Crippen LogP contribution in [-0.4, -0.2) is 122 Å². The summed E-state index contributed by atoms with van der Waals surface area (Å²) in [6.07, 6.45) is 5.81. The molecule has 0 aliphatic carbocycles. The van der Waals surface area contributed by atoms with Crippen molar-refractivity contribution < 1.29 is 28.7 Å². The van der Waals surface area contributed by atoms with Gasteiger partial charge in [0, 0.05) is 70.7 Å². The third-order valence-corrected chi connectivity index (χ3v) is 10.6. The maximum atomic E-state index is 13.8. The maximum Gasteiger partial charge on any atom is 0.410 e. The molecule has 1 aliphatic rings. The van der Waals surface area contributed by atoms with Gasteiger partial charge in [-0.3, -0.25) is 43.8 Å². The molecule has 338 valence electrons. The van der Waals surface area contributed by atoms with E-state index in [9.17, 15) is 19.2 Å². The van der Waals surface area contributed by atoms with Crippen LogP contribution in [0.3, 0.4) is 0 Å². The van der Waals surface area contributed by atoms with E-state index in [0.717, 1.165) is 12.2 Å². The number of nitrogens with two attached hydrogens (primary N) is 1. The molecule has 4 N–H and O–H groups in total. The van der Waals surface area contributed by atoms with E-state index >= 15 is 0 Å². The largest absolute Gasteiger partial charge is 0.491 e. The molecule has 1 fully saturated rings. The van der Waals surface area contributed by atoms with Gasteiger partial charge < -0.3 is 24.7 Å². The zero-order valence-corrected chi connectivity index (χ0v) is 37.4. The van der Waals surface area contributed by atoms with E-state index in [2.05, 4.69) is 35.7 Å². The van der Waals surface area contributed by atoms with Gasteiger partial charge >= 0.3 is 6.09 Å². The van der Waals surface area contributed by atoms with Crippen LogP contribution in [0.5, 0.6) is 5.75 Å². The zero-order chi connectivity index (χ0) is 45.7. The van der Waals surface area contributed by atoms with Gasteiger partial charge in [-0.2, -0.15) is 10.2 Å². The molecule has 0 spiro atoms. The first kappa shape index (κ1) is 44.9. The fraction of sp³-hybridized carbons (Fsp3) is 0.432. The van der Waals surface area contributed by atoms with Crippen molar-refractivity contribution in [1.82, 2.24) is 53.4 Å². The third kappa shape index (κ3) is 10.2. The third-order valence-electron chi connectivity index (χ3n) is 10.6. The second-order valence-corrected chi connectivity index (χ2v) is 16.5. The molecule has 20 nitrogen and oxygen atoms in total. The molecule has 0 saturated carbocycles. The predicted molar refractivity (Wildman–Crippen MR) is 240 cm³/mol. The minimum absolute atomic E-state index is 0.199. The Morgan fingerprint density at radius 2 is 1.41 bits per heavy atom. The van der Waals surface area contributed by atoms with Crippen molar-refractivity contribution in [2.24, 2.45) is 5.73 Å². The number of hydrogen-bond acceptors (Lipinski definition) is 12. The number of allylic oxidation sites excluding steroid dienone is 2. The molecular formula is C44H56N14O6. The fourth-order valence-electron chi connectivity index (χ4n) is 7.56. The van der Waals surface area contributed by atoms with Gasteiger partial charge in [-0.15, -0.1) is 0 Å². The molecule has 0 atom stereocenters. The van der Waals surface area contributed by atoms with Crippen molar-refractivity contribution in [1.29, 1.82) is 0 Å². The van der Waals surface area contributed by atoms with Crippen molar-refractivity contribution in [3.63, 3.8) is 0 Å². The van der Waals surface area contributed by atoms with Gasteiger partial charge in [-0.25, -0.2) is 19.7 Å². The number of nitrogens with one attached hydrogen (secondary N) is 2. The molecule has 64 heavy (non-hydrogen) atoms. The lowest BCUT2D eigenvalue weighted by atomic mass is 10.1. The van der Waals surface area contributed by atoms with Crippen molar-refractivity contribution >= 4 is 57.9 Å². The summed E-state index contributed by atoms with van der Waals surface area (Å²) in [5.41, 5.74) is 9.75. The summed E-state index contributed by atoms with van der Waals surface area (Å²) in [4.78, 5) is 70.5. The van der Waals surface area contributed by atoms with Crippen LogP contribution in [-0.2, 0) is 30.9 Å². The first-order valence-electron chi connectivity index (χ1n) is 21.5. The number of carbonyl (C=O) groups excluding carboxylic acids is 4. The number of carbonyl (C=O) groups is 4. The molecule has 7 rings (SSSR count). The second-order valence-electron chi connectivity index (χ2n) is 16.5. The lowest BCUT2D eigenvalue weighted by Gasteiger charge is -2.35. The molecule has 1 aromatic carbocycles. The molecule has 5 aromatic heterocycles. The van der Waals surface area contributed by atoms with Crippen molar-refractivity contribution in [3.8, 4) is 5.75 Å². The summed E-state index contributed by atoms with van der Waals surface area (Å²) in [6.45, 7) is 18.1. The molecular weight excluding hydrogens is 821 g/mol. The second kappa shape index (κ2) is 19.1. The summed E-state index contributed by atoms with van der Waals surface area (Å²) in [5, 5.41) is 14.8. The van der Waals surface area contributed by atoms with Gasteiger partial charge in [0.15, 0.2) is 5.65 Å². The van der Waals surface area contributed by atoms with Crippen LogP contribution in [0, 0.1) is 13.8 Å². The van der Waals surface area contributed by atoms with Gasteiger partial charge in [-0.1, -0.05) is 12.2 Å². The number of anilines is 2. The summed E-state index contributed by atoms with van der Waals surface area (Å²) in [7, 11) is 0. The summed E-state index contributed by atoms with van der Waals surface area (Å²) >= 11 is 0. The topological polar surface area (TPSA) is 227 Å². The SMILES string of the molecule is CCn1nc(C)cc1C(=O)Nc1nc2cccnc2n1C/C=C/Cn1c(NC(=O)c2cc(C)nn2CC)nc2cc(C(N)=O)cc(OCCCN3CCN(C(=O)OC(C)(C)C)CC3)c21. The van der Waals surface area contributed by atoms with E-state index in [-0.39, 0.29) is 36.6 Å². The number of benzene rings is 1. The lowest BCUT2D eigenvalue weighted by molar-refractivity contribution is 0.0141. The monoisotopic (exact) mass is 876 g/mol. The molecule has 4 amide bonds. The number of nitrogens with zero attached hydrogens (tertiary/aromatic N) is 11. The molecule has 1 aliphatic heterocycles. The summed E-state index contributed by atoms with van der Waals surface area (Å²) in [5.74, 6) is -0.525. The van der Waals surface area contributed by atoms with Crippen LogP contribution in [0.4, 0.5) is 16.7 Å². The fourth-order valence-corrected chi connectivity index (χ4v) is 7.56. The van der Waals surface area contributed by atoms with Gasteiger partial charge in [0.05, 0.1) is 23.5 Å². The van der Waals surface area contributed by atoms with Crippen LogP contribution in [0.15, 0.2) is 54.7 Å². The number of imidazole rings is 2. The van der Waals surface area contributed by atoms with Crippen LogP contribution in [0.2, 0.25) is 0 Å². The highest BCUT2D eigenvalue weighted by Crippen LogP contribution is 2.32. The molecule has 6 aromatic rings. The van der Waals surface area contributed by atoms with Crippen molar-refractivity contribution in [2.45, 2.75) is 86.7 Å². The Hall–Kier alpha value is -7.09. The zero-order valence-electron chi connectivity index (χ0n) is 37.4. The average molecular weight is 877 g/mol. The number of piperazine rings is 1. The quantitative estimate of drug-likeness (QED) is 0.0862. The smallest absolute Gasteiger partial charge is 0.410 e. The first-order chi connectivity index (χ1) is 30.6. The Morgan fingerprint density at radius 1 is 0.812 bits per heavy atom. The number of pyridine rings is 1. The standard InChI is InChI=1S/C44H56N14O6/c1-8-57-33(24-28(3)51-57)39(60)49-41-48-32-26-30(37(45)59)27-35(63-23-13-16-53-19-21-54(22-20-53)43(62)64-44(5,6)7)36(32)55(41)17-10-11-18-56-38-31(14-12-15-46-38)47-42(56)50-40(61)34-25-29(4)52-58(34)9-2/h10-12,14-15,24-27H,8-9,13,16-23H2,1-7H3,(H2,45,59)(H,47,50,61)(H,48,49,60)/b11-10+. The Bertz CT molecular complexity index is 2710. The Balaban J connectivity index is 1.14. The molecule has 0 bridgehead atoms. The van der Waals surface area contributed by atoms with Gasteiger partial charge in [0.25, 0.3) is 11.8 Å². The highest BCUT2D eigenvalue weighted by molar-refractivity contribution is 6.04. The van der Waals surface area contributed by atoms with Gasteiger partial charge in [-0.05, 0) is 91.3 Å². The van der Waals surface area contributed by atoms with Crippen molar-refractivity contribution in [3.05, 3.63) is 83.1 Å². The predicted octanol–water partition coefficient (Wildman–Crippen LogP) is 5.01. The highest BCUT2D eigenvalue weighted by atomic mass is 16.6. The van der Waals surface area contributed by atoms with Gasteiger partial charge in [0.2, 0.25) is 17.8 Å². The van der Waals surface area contributed by atoms with Crippen LogP contribution in [0.1, 0.15) is 83.8 Å². The number of ether oxygens (including phenoxy) is 2. The summed E-state index contributed by atoms with van der Waals surface area (Å²) in [6, 6.07) is 10.2. The number of amides is 4. The number of hydrogen-bond donors (Lipinski definition) is 3. The molecule has 0 radical (unpaired) electrons. The molecule has 1 saturated heterocycles.